The normalized spacial score (nSPS) is 11.1. The predicted molar refractivity (Wildman–Crippen MR) is 87.2 cm³/mol. The minimum absolute atomic E-state index is 0.599. The topological polar surface area (TPSA) is 69.9 Å². The van der Waals surface area contributed by atoms with Crippen LogP contribution < -0.4 is 0 Å². The average molecular weight is 344 g/mol. The Kier molecular flexibility index (Phi) is 3.99. The van der Waals surface area contributed by atoms with E-state index in [1.54, 1.807) is 30.1 Å². The van der Waals surface area contributed by atoms with Crippen molar-refractivity contribution in [2.75, 3.05) is 0 Å². The van der Waals surface area contributed by atoms with Gasteiger partial charge in [-0.05, 0) is 23.6 Å². The van der Waals surface area contributed by atoms with E-state index in [-0.39, 0.29) is 0 Å². The quantitative estimate of drug-likeness (QED) is 0.494. The minimum Gasteiger partial charge on any atom is -0.467 e. The summed E-state index contributed by atoms with van der Waals surface area (Å²) in [5.41, 5.74) is 0. The van der Waals surface area contributed by atoms with Crippen molar-refractivity contribution in [2.45, 2.75) is 17.5 Å². The Morgan fingerprint density at radius 2 is 2.26 bits per heavy atom. The highest BCUT2D eigenvalue weighted by molar-refractivity contribution is 7.98. The van der Waals surface area contributed by atoms with E-state index in [1.165, 1.54) is 11.8 Å². The molecule has 4 aromatic rings. The first-order chi connectivity index (χ1) is 11.4. The zero-order valence-corrected chi connectivity index (χ0v) is 13.6. The van der Waals surface area contributed by atoms with Gasteiger partial charge in [-0.25, -0.2) is 4.98 Å². The number of nitrogens with zero attached hydrogens (tertiary/aromatic N) is 4. The van der Waals surface area contributed by atoms with Crippen molar-refractivity contribution in [2.24, 2.45) is 0 Å². The lowest BCUT2D eigenvalue weighted by molar-refractivity contribution is 0.484. The fourth-order valence-electron chi connectivity index (χ4n) is 2.07. The summed E-state index contributed by atoms with van der Waals surface area (Å²) in [6.07, 6.45) is 5.11. The molecular formula is C15H12N4O2S2. The Morgan fingerprint density at radius 3 is 3.09 bits per heavy atom. The fraction of sp³-hybridized carbons (Fsp3) is 0.133. The van der Waals surface area contributed by atoms with Gasteiger partial charge in [0, 0.05) is 0 Å². The predicted octanol–water partition coefficient (Wildman–Crippen LogP) is 3.93. The number of oxazole rings is 1. The van der Waals surface area contributed by atoms with E-state index >= 15 is 0 Å². The summed E-state index contributed by atoms with van der Waals surface area (Å²) in [7, 11) is 0. The first-order valence-corrected chi connectivity index (χ1v) is 8.76. The van der Waals surface area contributed by atoms with Gasteiger partial charge in [0.05, 0.1) is 29.6 Å². The van der Waals surface area contributed by atoms with Gasteiger partial charge in [-0.1, -0.05) is 17.8 Å². The number of thiophene rings is 1. The van der Waals surface area contributed by atoms with Crippen LogP contribution >= 0.6 is 23.1 Å². The smallest absolute Gasteiger partial charge is 0.205 e. The lowest BCUT2D eigenvalue weighted by Gasteiger charge is -2.02. The molecule has 0 N–H and O–H groups in total. The average Bonchev–Trinajstić information content (AvgIpc) is 3.34. The lowest BCUT2D eigenvalue weighted by atomic mass is 10.4. The number of hydrogen-bond acceptors (Lipinski definition) is 7. The largest absolute Gasteiger partial charge is 0.467 e. The maximum absolute atomic E-state index is 5.77. The van der Waals surface area contributed by atoms with Gasteiger partial charge in [-0.15, -0.1) is 21.5 Å². The molecular weight excluding hydrogens is 332 g/mol. The van der Waals surface area contributed by atoms with Crippen LogP contribution in [0.3, 0.4) is 0 Å². The Balaban J connectivity index is 1.43. The monoisotopic (exact) mass is 344 g/mol. The van der Waals surface area contributed by atoms with E-state index in [0.29, 0.717) is 18.2 Å². The van der Waals surface area contributed by atoms with Crippen molar-refractivity contribution >= 4 is 23.1 Å². The summed E-state index contributed by atoms with van der Waals surface area (Å²) in [6, 6.07) is 7.80. The van der Waals surface area contributed by atoms with E-state index < -0.39 is 0 Å². The Morgan fingerprint density at radius 1 is 1.26 bits per heavy atom. The molecule has 4 heterocycles. The maximum atomic E-state index is 5.77. The molecule has 0 aromatic carbocycles. The van der Waals surface area contributed by atoms with Crippen LogP contribution in [0.25, 0.3) is 10.6 Å². The van der Waals surface area contributed by atoms with Gasteiger partial charge >= 0.3 is 0 Å². The molecule has 8 heteroatoms. The molecule has 116 valence electrons. The first kappa shape index (κ1) is 14.3. The van der Waals surface area contributed by atoms with Crippen LogP contribution in [0.1, 0.15) is 11.7 Å². The molecule has 0 saturated carbocycles. The molecule has 0 aliphatic heterocycles. The van der Waals surface area contributed by atoms with E-state index in [0.717, 1.165) is 21.6 Å². The van der Waals surface area contributed by atoms with Crippen LogP contribution in [-0.4, -0.2) is 19.7 Å². The SMILES string of the molecule is c1coc(Cn2cnnc2SCc2ncc(-c3cccs3)o2)c1. The maximum Gasteiger partial charge on any atom is 0.205 e. The van der Waals surface area contributed by atoms with Crippen LogP contribution in [0.15, 0.2) is 62.4 Å². The number of rotatable bonds is 6. The molecule has 0 fully saturated rings. The molecule has 0 spiro atoms. The van der Waals surface area contributed by atoms with Crippen molar-refractivity contribution in [3.05, 3.63) is 60.1 Å². The Bertz CT molecular complexity index is 865. The van der Waals surface area contributed by atoms with Crippen molar-refractivity contribution in [1.29, 1.82) is 0 Å². The van der Waals surface area contributed by atoms with Gasteiger partial charge in [-0.3, -0.25) is 0 Å². The third-order valence-corrected chi connectivity index (χ3v) is 4.98. The summed E-state index contributed by atoms with van der Waals surface area (Å²) in [5, 5.41) is 10.9. The van der Waals surface area contributed by atoms with E-state index in [9.17, 15) is 0 Å². The van der Waals surface area contributed by atoms with E-state index in [4.69, 9.17) is 8.83 Å². The fourth-order valence-corrected chi connectivity index (χ4v) is 3.51. The molecule has 4 aromatic heterocycles. The van der Waals surface area contributed by atoms with Crippen LogP contribution in [0.4, 0.5) is 0 Å². The van der Waals surface area contributed by atoms with Crippen LogP contribution in [-0.2, 0) is 12.3 Å². The standard InChI is InChI=1S/C15H12N4O2S2/c1-3-11(20-5-1)8-19-10-17-18-15(19)23-9-14-16-7-12(21-14)13-4-2-6-22-13/h1-7,10H,8-9H2. The van der Waals surface area contributed by atoms with Gasteiger partial charge < -0.3 is 13.4 Å². The summed E-state index contributed by atoms with van der Waals surface area (Å²) in [4.78, 5) is 5.40. The molecule has 0 unspecified atom stereocenters. The molecule has 6 nitrogen and oxygen atoms in total. The molecule has 0 radical (unpaired) electrons. The third kappa shape index (κ3) is 3.22. The number of hydrogen-bond donors (Lipinski definition) is 0. The third-order valence-electron chi connectivity index (χ3n) is 3.13. The van der Waals surface area contributed by atoms with Crippen LogP contribution in [0, 0.1) is 0 Å². The molecule has 0 amide bonds. The summed E-state index contributed by atoms with van der Waals surface area (Å²) in [6.45, 7) is 0.606. The van der Waals surface area contributed by atoms with Crippen molar-refractivity contribution in [3.8, 4) is 10.6 Å². The van der Waals surface area contributed by atoms with Gasteiger partial charge in [0.15, 0.2) is 10.9 Å². The second-order valence-electron chi connectivity index (χ2n) is 4.71. The zero-order chi connectivity index (χ0) is 15.5. The minimum atomic E-state index is 0.599. The van der Waals surface area contributed by atoms with Gasteiger partial charge in [-0.2, -0.15) is 0 Å². The highest BCUT2D eigenvalue weighted by Gasteiger charge is 2.11. The molecule has 23 heavy (non-hydrogen) atoms. The highest BCUT2D eigenvalue weighted by Crippen LogP contribution is 2.27. The molecule has 4 rings (SSSR count). The second-order valence-corrected chi connectivity index (χ2v) is 6.60. The number of aromatic nitrogens is 4. The number of furan rings is 1. The summed E-state index contributed by atoms with van der Waals surface area (Å²) in [5.74, 6) is 2.93. The van der Waals surface area contributed by atoms with Gasteiger partial charge in [0.1, 0.15) is 12.1 Å². The second kappa shape index (κ2) is 6.43. The Labute approximate surface area is 140 Å². The van der Waals surface area contributed by atoms with Crippen molar-refractivity contribution < 1.29 is 8.83 Å². The van der Waals surface area contributed by atoms with Crippen LogP contribution in [0.5, 0.6) is 0 Å². The first-order valence-electron chi connectivity index (χ1n) is 6.90. The van der Waals surface area contributed by atoms with E-state index in [1.807, 2.05) is 34.2 Å². The van der Waals surface area contributed by atoms with Gasteiger partial charge in [0.25, 0.3) is 0 Å². The van der Waals surface area contributed by atoms with Crippen LogP contribution in [0.2, 0.25) is 0 Å². The highest BCUT2D eigenvalue weighted by atomic mass is 32.2. The van der Waals surface area contributed by atoms with Crippen molar-refractivity contribution in [3.63, 3.8) is 0 Å². The molecule has 0 atom stereocenters. The lowest BCUT2D eigenvalue weighted by Crippen LogP contribution is -1.99. The number of thioether (sulfide) groups is 1. The Hall–Kier alpha value is -2.32. The summed E-state index contributed by atoms with van der Waals surface area (Å²) < 4.78 is 13.1. The van der Waals surface area contributed by atoms with E-state index in [2.05, 4.69) is 15.2 Å². The van der Waals surface area contributed by atoms with Gasteiger partial charge in [0.2, 0.25) is 5.89 Å². The molecule has 0 saturated heterocycles. The molecule has 0 bridgehead atoms. The molecule has 0 aliphatic carbocycles. The summed E-state index contributed by atoms with van der Waals surface area (Å²) >= 11 is 3.17. The molecule has 0 aliphatic rings. The zero-order valence-electron chi connectivity index (χ0n) is 12.0. The van der Waals surface area contributed by atoms with Crippen molar-refractivity contribution in [1.82, 2.24) is 19.7 Å².